The SMILES string of the molecule is CC1CCNC1.NC(=O)c1cc2c(Cl)cccc2s1. The first-order chi connectivity index (χ1) is 9.08. The lowest BCUT2D eigenvalue weighted by Crippen LogP contribution is -2.07. The van der Waals surface area contributed by atoms with Gasteiger partial charge in [-0.15, -0.1) is 11.3 Å². The molecular formula is C14H17ClN2OS. The van der Waals surface area contributed by atoms with Gasteiger partial charge in [0.2, 0.25) is 0 Å². The second-order valence-corrected chi connectivity index (χ2v) is 6.22. The molecule has 1 fully saturated rings. The predicted molar refractivity (Wildman–Crippen MR) is 82.0 cm³/mol. The molecule has 1 aromatic carbocycles. The number of rotatable bonds is 1. The fourth-order valence-corrected chi connectivity index (χ4v) is 3.17. The van der Waals surface area contributed by atoms with Crippen LogP contribution in [0, 0.1) is 5.92 Å². The summed E-state index contributed by atoms with van der Waals surface area (Å²) < 4.78 is 0.987. The molecule has 1 aliphatic heterocycles. The monoisotopic (exact) mass is 296 g/mol. The van der Waals surface area contributed by atoms with Gasteiger partial charge in [-0.25, -0.2) is 0 Å². The summed E-state index contributed by atoms with van der Waals surface area (Å²) in [5, 5.41) is 4.82. The number of hydrogen-bond acceptors (Lipinski definition) is 3. The van der Waals surface area contributed by atoms with Crippen molar-refractivity contribution in [2.45, 2.75) is 13.3 Å². The number of carbonyl (C=O) groups excluding carboxylic acids is 1. The molecule has 1 aliphatic rings. The van der Waals surface area contributed by atoms with Gasteiger partial charge in [0.05, 0.1) is 4.88 Å². The molecule has 3 N–H and O–H groups in total. The van der Waals surface area contributed by atoms with Crippen molar-refractivity contribution in [3.8, 4) is 0 Å². The van der Waals surface area contributed by atoms with E-state index in [0.717, 1.165) is 16.0 Å². The summed E-state index contributed by atoms with van der Waals surface area (Å²) in [5.74, 6) is 0.530. The summed E-state index contributed by atoms with van der Waals surface area (Å²) in [6.45, 7) is 4.75. The van der Waals surface area contributed by atoms with E-state index in [1.807, 2.05) is 12.1 Å². The van der Waals surface area contributed by atoms with Gasteiger partial charge in [-0.1, -0.05) is 24.6 Å². The topological polar surface area (TPSA) is 55.1 Å². The fraction of sp³-hybridized carbons (Fsp3) is 0.357. The highest BCUT2D eigenvalue weighted by Gasteiger charge is 2.08. The van der Waals surface area contributed by atoms with Crippen LogP contribution in [0.3, 0.4) is 0 Å². The highest BCUT2D eigenvalue weighted by Crippen LogP contribution is 2.30. The minimum absolute atomic E-state index is 0.405. The Labute approximate surface area is 121 Å². The number of fused-ring (bicyclic) bond motifs is 1. The molecule has 2 heterocycles. The average Bonchev–Trinajstić information content (AvgIpc) is 2.99. The molecule has 0 bridgehead atoms. The van der Waals surface area contributed by atoms with E-state index in [2.05, 4.69) is 12.2 Å². The van der Waals surface area contributed by atoms with E-state index in [-0.39, 0.29) is 0 Å². The molecule has 2 aromatic rings. The van der Waals surface area contributed by atoms with Gasteiger partial charge in [0, 0.05) is 15.1 Å². The Morgan fingerprint density at radius 1 is 1.53 bits per heavy atom. The van der Waals surface area contributed by atoms with Crippen LogP contribution in [0.25, 0.3) is 10.1 Å². The van der Waals surface area contributed by atoms with Crippen molar-refractivity contribution < 1.29 is 4.79 Å². The smallest absolute Gasteiger partial charge is 0.258 e. The number of amides is 1. The third-order valence-corrected chi connectivity index (χ3v) is 4.50. The first-order valence-electron chi connectivity index (χ1n) is 6.26. The molecule has 102 valence electrons. The van der Waals surface area contributed by atoms with E-state index in [1.54, 1.807) is 12.1 Å². The van der Waals surface area contributed by atoms with Crippen molar-refractivity contribution in [1.82, 2.24) is 5.32 Å². The molecule has 1 atom stereocenters. The van der Waals surface area contributed by atoms with Gasteiger partial charge in [-0.05, 0) is 43.6 Å². The first kappa shape index (κ1) is 14.3. The zero-order chi connectivity index (χ0) is 13.8. The van der Waals surface area contributed by atoms with Gasteiger partial charge in [-0.2, -0.15) is 0 Å². The summed E-state index contributed by atoms with van der Waals surface area (Å²) >= 11 is 7.29. The molecule has 0 radical (unpaired) electrons. The summed E-state index contributed by atoms with van der Waals surface area (Å²) in [6.07, 6.45) is 1.38. The number of carbonyl (C=O) groups is 1. The maximum absolute atomic E-state index is 10.9. The maximum atomic E-state index is 10.9. The zero-order valence-corrected chi connectivity index (χ0v) is 12.4. The third kappa shape index (κ3) is 3.69. The predicted octanol–water partition coefficient (Wildman–Crippen LogP) is 3.27. The standard InChI is InChI=1S/C9H6ClNOS.C5H11N/c10-6-2-1-3-7-5(6)4-8(13-7)9(11)12;1-5-2-3-6-4-5/h1-4H,(H2,11,12);5-6H,2-4H2,1H3. The zero-order valence-electron chi connectivity index (χ0n) is 10.8. The van der Waals surface area contributed by atoms with Crippen LogP contribution in [0.15, 0.2) is 24.3 Å². The Kier molecular flexibility index (Phi) is 4.80. The van der Waals surface area contributed by atoms with Gasteiger partial charge >= 0.3 is 0 Å². The Morgan fingerprint density at radius 2 is 2.32 bits per heavy atom. The summed E-state index contributed by atoms with van der Waals surface area (Å²) in [5.41, 5.74) is 5.16. The molecule has 1 saturated heterocycles. The number of thiophene rings is 1. The van der Waals surface area contributed by atoms with Crippen molar-refractivity contribution in [2.75, 3.05) is 13.1 Å². The number of primary amides is 1. The molecule has 0 aliphatic carbocycles. The summed E-state index contributed by atoms with van der Waals surface area (Å²) in [6, 6.07) is 7.29. The molecular weight excluding hydrogens is 280 g/mol. The Morgan fingerprint density at radius 3 is 2.79 bits per heavy atom. The molecule has 0 saturated carbocycles. The fourth-order valence-electron chi connectivity index (χ4n) is 1.95. The van der Waals surface area contributed by atoms with Crippen molar-refractivity contribution in [3.05, 3.63) is 34.2 Å². The molecule has 1 amide bonds. The second-order valence-electron chi connectivity index (χ2n) is 4.72. The van der Waals surface area contributed by atoms with Crippen molar-refractivity contribution in [3.63, 3.8) is 0 Å². The van der Waals surface area contributed by atoms with E-state index < -0.39 is 5.91 Å². The van der Waals surface area contributed by atoms with Gasteiger partial charge in [0.15, 0.2) is 0 Å². The highest BCUT2D eigenvalue weighted by molar-refractivity contribution is 7.20. The van der Waals surface area contributed by atoms with Crippen LogP contribution in [0.4, 0.5) is 0 Å². The van der Waals surface area contributed by atoms with Gasteiger partial charge in [-0.3, -0.25) is 4.79 Å². The normalized spacial score (nSPS) is 18.1. The highest BCUT2D eigenvalue weighted by atomic mass is 35.5. The molecule has 1 unspecified atom stereocenters. The van der Waals surface area contributed by atoms with E-state index in [0.29, 0.717) is 9.90 Å². The van der Waals surface area contributed by atoms with Crippen LogP contribution in [-0.4, -0.2) is 19.0 Å². The van der Waals surface area contributed by atoms with E-state index in [9.17, 15) is 4.79 Å². The largest absolute Gasteiger partial charge is 0.365 e. The van der Waals surface area contributed by atoms with E-state index >= 15 is 0 Å². The molecule has 3 nitrogen and oxygen atoms in total. The minimum atomic E-state index is -0.405. The van der Waals surface area contributed by atoms with Gasteiger partial charge in [0.1, 0.15) is 0 Å². The molecule has 5 heteroatoms. The molecule has 3 rings (SSSR count). The number of hydrogen-bond donors (Lipinski definition) is 2. The third-order valence-electron chi connectivity index (χ3n) is 3.06. The lowest BCUT2D eigenvalue weighted by Gasteiger charge is -1.90. The number of nitrogens with one attached hydrogen (secondary N) is 1. The molecule has 0 spiro atoms. The number of benzene rings is 1. The van der Waals surface area contributed by atoms with Gasteiger partial charge in [0.25, 0.3) is 5.91 Å². The first-order valence-corrected chi connectivity index (χ1v) is 7.46. The maximum Gasteiger partial charge on any atom is 0.258 e. The Balaban J connectivity index is 0.000000186. The number of halogens is 1. The Hall–Kier alpha value is -1.10. The van der Waals surface area contributed by atoms with Gasteiger partial charge < -0.3 is 11.1 Å². The van der Waals surface area contributed by atoms with Crippen LogP contribution in [0.1, 0.15) is 23.0 Å². The van der Waals surface area contributed by atoms with E-state index in [4.69, 9.17) is 17.3 Å². The lowest BCUT2D eigenvalue weighted by atomic mass is 10.2. The summed E-state index contributed by atoms with van der Waals surface area (Å²) in [4.78, 5) is 11.4. The van der Waals surface area contributed by atoms with Crippen LogP contribution in [-0.2, 0) is 0 Å². The quantitative estimate of drug-likeness (QED) is 0.848. The van der Waals surface area contributed by atoms with Crippen molar-refractivity contribution in [1.29, 1.82) is 0 Å². The second kappa shape index (κ2) is 6.37. The minimum Gasteiger partial charge on any atom is -0.365 e. The van der Waals surface area contributed by atoms with Crippen LogP contribution in [0.5, 0.6) is 0 Å². The lowest BCUT2D eigenvalue weighted by molar-refractivity contribution is 0.100. The summed E-state index contributed by atoms with van der Waals surface area (Å²) in [7, 11) is 0. The molecule has 1 aromatic heterocycles. The number of nitrogens with two attached hydrogens (primary N) is 1. The van der Waals surface area contributed by atoms with Crippen molar-refractivity contribution in [2.24, 2.45) is 11.7 Å². The average molecular weight is 297 g/mol. The molecule has 19 heavy (non-hydrogen) atoms. The van der Waals surface area contributed by atoms with Crippen molar-refractivity contribution >= 4 is 38.9 Å². The van der Waals surface area contributed by atoms with Crippen LogP contribution in [0.2, 0.25) is 5.02 Å². The Bertz CT molecular complexity index is 576. The van der Waals surface area contributed by atoms with Crippen LogP contribution < -0.4 is 11.1 Å². The van der Waals surface area contributed by atoms with E-state index in [1.165, 1.54) is 30.8 Å². The van der Waals surface area contributed by atoms with Crippen LogP contribution >= 0.6 is 22.9 Å².